The predicted molar refractivity (Wildman–Crippen MR) is 109 cm³/mol. The maximum atomic E-state index is 12.9. The monoisotopic (exact) mass is 391 g/mol. The number of amides is 4. The average molecular weight is 391 g/mol. The summed E-state index contributed by atoms with van der Waals surface area (Å²) in [6.45, 7) is 0.359. The highest BCUT2D eigenvalue weighted by Gasteiger charge is 2.56. The number of hydrogen-bond donors (Lipinski definition) is 2. The third kappa shape index (κ3) is 3.50. The number of carbonyl (C=O) groups is 3. The van der Waals surface area contributed by atoms with E-state index < -0.39 is 5.54 Å². The molecular weight excluding hydrogens is 366 g/mol. The highest BCUT2D eigenvalue weighted by Crippen LogP contribution is 2.39. The van der Waals surface area contributed by atoms with Crippen LogP contribution in [0.25, 0.3) is 0 Å². The molecule has 2 aromatic rings. The van der Waals surface area contributed by atoms with Gasteiger partial charge in [-0.05, 0) is 36.5 Å². The lowest BCUT2D eigenvalue weighted by Gasteiger charge is -2.28. The Balaban J connectivity index is 1.47. The van der Waals surface area contributed by atoms with Crippen molar-refractivity contribution in [2.45, 2.75) is 31.2 Å². The minimum absolute atomic E-state index is 0.103. The number of hydrogen-bond acceptors (Lipinski definition) is 3. The smallest absolute Gasteiger partial charge is 0.324 e. The van der Waals surface area contributed by atoms with E-state index in [4.69, 9.17) is 0 Å². The van der Waals surface area contributed by atoms with Crippen molar-refractivity contribution in [3.63, 3.8) is 0 Å². The van der Waals surface area contributed by atoms with E-state index >= 15 is 0 Å². The second-order valence-corrected chi connectivity index (χ2v) is 7.88. The van der Waals surface area contributed by atoms with Crippen LogP contribution in [-0.2, 0) is 11.2 Å². The normalized spacial score (nSPS) is 23.5. The van der Waals surface area contributed by atoms with Gasteiger partial charge in [-0.3, -0.25) is 14.5 Å². The SMILES string of the molecule is CN1C(=O)N[C@]2(CCC[C@@H]2CNC(=O)c2ccccc2Cc2ccccc2)C1=O. The fourth-order valence-electron chi connectivity index (χ4n) is 4.54. The van der Waals surface area contributed by atoms with Gasteiger partial charge in [-0.2, -0.15) is 0 Å². The minimum atomic E-state index is -0.872. The van der Waals surface area contributed by atoms with Gasteiger partial charge in [-0.25, -0.2) is 4.79 Å². The minimum Gasteiger partial charge on any atom is -0.352 e. The van der Waals surface area contributed by atoms with Gasteiger partial charge in [0.2, 0.25) is 0 Å². The lowest BCUT2D eigenvalue weighted by Crippen LogP contribution is -2.53. The van der Waals surface area contributed by atoms with Crippen molar-refractivity contribution in [3.8, 4) is 0 Å². The molecule has 2 atom stereocenters. The Morgan fingerprint density at radius 1 is 1.14 bits per heavy atom. The summed E-state index contributed by atoms with van der Waals surface area (Å²) >= 11 is 0. The van der Waals surface area contributed by atoms with Gasteiger partial charge in [-0.15, -0.1) is 0 Å². The first-order valence-corrected chi connectivity index (χ1v) is 10.0. The second-order valence-electron chi connectivity index (χ2n) is 7.88. The van der Waals surface area contributed by atoms with Crippen LogP contribution in [0.3, 0.4) is 0 Å². The first-order chi connectivity index (χ1) is 14.0. The molecule has 2 aliphatic rings. The van der Waals surface area contributed by atoms with Gasteiger partial charge in [0.15, 0.2) is 0 Å². The summed E-state index contributed by atoms with van der Waals surface area (Å²) in [4.78, 5) is 38.7. The number of benzene rings is 2. The maximum Gasteiger partial charge on any atom is 0.324 e. The summed E-state index contributed by atoms with van der Waals surface area (Å²) in [7, 11) is 1.50. The first-order valence-electron chi connectivity index (χ1n) is 10.0. The van der Waals surface area contributed by atoms with E-state index in [0.29, 0.717) is 24.9 Å². The van der Waals surface area contributed by atoms with Crippen molar-refractivity contribution < 1.29 is 14.4 Å². The van der Waals surface area contributed by atoms with Crippen molar-refractivity contribution in [1.82, 2.24) is 15.5 Å². The molecule has 1 saturated carbocycles. The van der Waals surface area contributed by atoms with Gasteiger partial charge in [0.25, 0.3) is 11.8 Å². The summed E-state index contributed by atoms with van der Waals surface area (Å²) in [5.41, 5.74) is 1.87. The van der Waals surface area contributed by atoms with E-state index in [-0.39, 0.29) is 23.8 Å². The van der Waals surface area contributed by atoms with Crippen LogP contribution in [0.5, 0.6) is 0 Å². The Morgan fingerprint density at radius 2 is 1.86 bits per heavy atom. The van der Waals surface area contributed by atoms with E-state index in [2.05, 4.69) is 10.6 Å². The van der Waals surface area contributed by atoms with Crippen molar-refractivity contribution in [3.05, 3.63) is 71.3 Å². The zero-order valence-electron chi connectivity index (χ0n) is 16.5. The lowest BCUT2D eigenvalue weighted by molar-refractivity contribution is -0.131. The van der Waals surface area contributed by atoms with E-state index in [1.807, 2.05) is 54.6 Å². The fraction of sp³-hybridized carbons (Fsp3) is 0.348. The molecule has 0 radical (unpaired) electrons. The molecule has 0 bridgehead atoms. The predicted octanol–water partition coefficient (Wildman–Crippen LogP) is 2.73. The quantitative estimate of drug-likeness (QED) is 0.770. The highest BCUT2D eigenvalue weighted by molar-refractivity contribution is 6.07. The number of rotatable bonds is 5. The van der Waals surface area contributed by atoms with Crippen molar-refractivity contribution in [1.29, 1.82) is 0 Å². The summed E-state index contributed by atoms with van der Waals surface area (Å²) in [6.07, 6.45) is 2.95. The van der Waals surface area contributed by atoms with Crippen LogP contribution in [0, 0.1) is 5.92 Å². The molecule has 1 spiro atoms. The van der Waals surface area contributed by atoms with Gasteiger partial charge in [-0.1, -0.05) is 55.0 Å². The van der Waals surface area contributed by atoms with Gasteiger partial charge in [0.1, 0.15) is 5.54 Å². The van der Waals surface area contributed by atoms with Crippen LogP contribution < -0.4 is 10.6 Å². The largest absolute Gasteiger partial charge is 0.352 e. The van der Waals surface area contributed by atoms with E-state index in [1.54, 1.807) is 0 Å². The van der Waals surface area contributed by atoms with Gasteiger partial charge < -0.3 is 10.6 Å². The van der Waals surface area contributed by atoms with Crippen molar-refractivity contribution in [2.75, 3.05) is 13.6 Å². The van der Waals surface area contributed by atoms with Gasteiger partial charge in [0.05, 0.1) is 0 Å². The maximum absolute atomic E-state index is 12.9. The van der Waals surface area contributed by atoms with E-state index in [9.17, 15) is 14.4 Å². The Morgan fingerprint density at radius 3 is 2.59 bits per heavy atom. The lowest BCUT2D eigenvalue weighted by atomic mass is 9.86. The first kappa shape index (κ1) is 19.2. The zero-order valence-corrected chi connectivity index (χ0v) is 16.5. The molecular formula is C23H25N3O3. The molecule has 1 heterocycles. The molecule has 1 aliphatic carbocycles. The third-order valence-corrected chi connectivity index (χ3v) is 6.15. The average Bonchev–Trinajstić information content (AvgIpc) is 3.24. The van der Waals surface area contributed by atoms with Crippen molar-refractivity contribution >= 4 is 17.8 Å². The molecule has 4 amide bonds. The van der Waals surface area contributed by atoms with Crippen LogP contribution in [0.4, 0.5) is 4.79 Å². The van der Waals surface area contributed by atoms with Crippen LogP contribution >= 0.6 is 0 Å². The van der Waals surface area contributed by atoms with Crippen molar-refractivity contribution in [2.24, 2.45) is 5.92 Å². The molecule has 6 heteroatoms. The Kier molecular flexibility index (Phi) is 5.09. The van der Waals surface area contributed by atoms with Crippen LogP contribution in [0.15, 0.2) is 54.6 Å². The number of likely N-dealkylation sites (N-methyl/N-ethyl adjacent to an activating group) is 1. The summed E-state index contributed by atoms with van der Waals surface area (Å²) < 4.78 is 0. The summed E-state index contributed by atoms with van der Waals surface area (Å²) in [6, 6.07) is 17.3. The molecule has 4 rings (SSSR count). The van der Waals surface area contributed by atoms with Crippen LogP contribution in [0.2, 0.25) is 0 Å². The molecule has 1 saturated heterocycles. The fourth-order valence-corrected chi connectivity index (χ4v) is 4.54. The summed E-state index contributed by atoms with van der Waals surface area (Å²) in [5, 5.41) is 5.88. The Hall–Kier alpha value is -3.15. The standard InChI is InChI=1S/C23H25N3O3/c1-26-21(28)23(25-22(26)29)13-7-11-18(23)15-24-20(27)19-12-6-5-10-17(19)14-16-8-3-2-4-9-16/h2-6,8-10,12,18H,7,11,13-15H2,1H3,(H,24,27)(H,25,29)/t18-,23+/m1/s1. The second kappa shape index (κ2) is 7.70. The Bertz CT molecular complexity index is 943. The molecule has 150 valence electrons. The van der Waals surface area contributed by atoms with Gasteiger partial charge >= 0.3 is 6.03 Å². The molecule has 29 heavy (non-hydrogen) atoms. The zero-order chi connectivity index (χ0) is 20.4. The highest BCUT2D eigenvalue weighted by atomic mass is 16.2. The molecule has 6 nitrogen and oxygen atoms in total. The summed E-state index contributed by atoms with van der Waals surface area (Å²) in [5.74, 6) is -0.443. The molecule has 0 unspecified atom stereocenters. The molecule has 0 aromatic heterocycles. The topological polar surface area (TPSA) is 78.5 Å². The van der Waals surface area contributed by atoms with Crippen LogP contribution in [0.1, 0.15) is 40.7 Å². The van der Waals surface area contributed by atoms with Gasteiger partial charge in [0, 0.05) is 25.1 Å². The number of urea groups is 1. The van der Waals surface area contributed by atoms with E-state index in [0.717, 1.165) is 28.9 Å². The molecule has 2 N–H and O–H groups in total. The molecule has 2 aromatic carbocycles. The number of nitrogens with zero attached hydrogens (tertiary/aromatic N) is 1. The number of imide groups is 1. The Labute approximate surface area is 170 Å². The van der Waals surface area contributed by atoms with Crippen LogP contribution in [-0.4, -0.2) is 41.9 Å². The molecule has 2 fully saturated rings. The molecule has 1 aliphatic heterocycles. The number of nitrogens with one attached hydrogen (secondary N) is 2. The van der Waals surface area contributed by atoms with E-state index in [1.165, 1.54) is 7.05 Å². The third-order valence-electron chi connectivity index (χ3n) is 6.15. The number of carbonyl (C=O) groups excluding carboxylic acids is 3.